The molecule has 0 amide bonds. The summed E-state index contributed by atoms with van der Waals surface area (Å²) in [6, 6.07) is 12.1. The molecule has 0 aliphatic carbocycles. The molecule has 1 aromatic heterocycles. The number of pyridine rings is 1. The summed E-state index contributed by atoms with van der Waals surface area (Å²) in [7, 11) is 0. The second kappa shape index (κ2) is 6.53. The molecule has 1 unspecified atom stereocenters. The number of hydrogen-bond acceptors (Lipinski definition) is 2. The smallest absolute Gasteiger partial charge is 0.0406 e. The van der Waals surface area contributed by atoms with Gasteiger partial charge in [0.15, 0.2) is 0 Å². The van der Waals surface area contributed by atoms with E-state index in [1.807, 2.05) is 36.5 Å². The number of nitrogens with two attached hydrogens (primary N) is 1. The van der Waals surface area contributed by atoms with Gasteiger partial charge in [0.1, 0.15) is 0 Å². The first-order chi connectivity index (χ1) is 8.74. The van der Waals surface area contributed by atoms with E-state index in [-0.39, 0.29) is 6.04 Å². The lowest BCUT2D eigenvalue weighted by atomic mass is 10.0. The monoisotopic (exact) mass is 260 g/mol. The predicted octanol–water partition coefficient (Wildman–Crippen LogP) is 3.24. The first kappa shape index (κ1) is 13.1. The molecule has 0 saturated heterocycles. The lowest BCUT2D eigenvalue weighted by molar-refractivity contribution is 0.610. The van der Waals surface area contributed by atoms with E-state index in [4.69, 9.17) is 17.3 Å². The van der Waals surface area contributed by atoms with Gasteiger partial charge in [-0.3, -0.25) is 4.98 Å². The van der Waals surface area contributed by atoms with Crippen LogP contribution in [-0.2, 0) is 12.8 Å². The summed E-state index contributed by atoms with van der Waals surface area (Å²) in [5.74, 6) is 0. The van der Waals surface area contributed by atoms with Crippen LogP contribution < -0.4 is 5.73 Å². The highest BCUT2D eigenvalue weighted by atomic mass is 35.5. The van der Waals surface area contributed by atoms with Gasteiger partial charge in [-0.25, -0.2) is 0 Å². The molecular formula is C15H17ClN2. The number of benzene rings is 1. The van der Waals surface area contributed by atoms with Gasteiger partial charge in [0.05, 0.1) is 0 Å². The highest BCUT2D eigenvalue weighted by Gasteiger charge is 2.05. The Morgan fingerprint density at radius 1 is 1.11 bits per heavy atom. The summed E-state index contributed by atoms with van der Waals surface area (Å²) in [4.78, 5) is 4.10. The van der Waals surface area contributed by atoms with Crippen molar-refractivity contribution >= 4 is 11.6 Å². The van der Waals surface area contributed by atoms with Crippen LogP contribution >= 0.6 is 11.6 Å². The highest BCUT2D eigenvalue weighted by Crippen LogP contribution is 2.12. The van der Waals surface area contributed by atoms with Crippen molar-refractivity contribution in [1.82, 2.24) is 4.98 Å². The maximum absolute atomic E-state index is 6.14. The molecule has 3 heteroatoms. The second-order valence-electron chi connectivity index (χ2n) is 4.49. The van der Waals surface area contributed by atoms with Gasteiger partial charge < -0.3 is 5.73 Å². The molecule has 0 bridgehead atoms. The third kappa shape index (κ3) is 4.13. The first-order valence-corrected chi connectivity index (χ1v) is 6.51. The van der Waals surface area contributed by atoms with Crippen molar-refractivity contribution in [3.05, 3.63) is 64.9 Å². The van der Waals surface area contributed by atoms with Crippen molar-refractivity contribution in [3.8, 4) is 0 Å². The molecule has 2 N–H and O–H groups in total. The number of rotatable bonds is 5. The minimum atomic E-state index is 0.173. The topological polar surface area (TPSA) is 38.9 Å². The molecular weight excluding hydrogens is 244 g/mol. The molecule has 1 aromatic carbocycles. The van der Waals surface area contributed by atoms with E-state index in [1.165, 1.54) is 11.1 Å². The molecule has 0 aliphatic heterocycles. The van der Waals surface area contributed by atoms with Gasteiger partial charge in [-0.15, -0.1) is 0 Å². The van der Waals surface area contributed by atoms with E-state index in [0.29, 0.717) is 0 Å². The number of hydrogen-bond donors (Lipinski definition) is 1. The number of nitrogens with zero attached hydrogens (tertiary/aromatic N) is 1. The van der Waals surface area contributed by atoms with Gasteiger partial charge in [0.2, 0.25) is 0 Å². The van der Waals surface area contributed by atoms with E-state index < -0.39 is 0 Å². The molecule has 2 nitrogen and oxygen atoms in total. The van der Waals surface area contributed by atoms with Gasteiger partial charge in [-0.2, -0.15) is 0 Å². The Labute approximate surface area is 113 Å². The Morgan fingerprint density at radius 3 is 2.56 bits per heavy atom. The molecule has 1 heterocycles. The maximum atomic E-state index is 6.14. The molecule has 94 valence electrons. The van der Waals surface area contributed by atoms with E-state index in [1.54, 1.807) is 6.20 Å². The van der Waals surface area contributed by atoms with Crippen LogP contribution in [0, 0.1) is 0 Å². The molecule has 2 rings (SSSR count). The average Bonchev–Trinajstić information content (AvgIpc) is 2.40. The molecule has 0 spiro atoms. The van der Waals surface area contributed by atoms with Gasteiger partial charge in [-0.05, 0) is 48.6 Å². The Bertz CT molecular complexity index is 468. The zero-order valence-corrected chi connectivity index (χ0v) is 11.0. The second-order valence-corrected chi connectivity index (χ2v) is 4.93. The van der Waals surface area contributed by atoms with E-state index in [9.17, 15) is 0 Å². The van der Waals surface area contributed by atoms with E-state index in [2.05, 4.69) is 11.1 Å². The Balaban J connectivity index is 1.82. The van der Waals surface area contributed by atoms with Gasteiger partial charge >= 0.3 is 0 Å². The fourth-order valence-corrected chi connectivity index (χ4v) is 2.05. The average molecular weight is 261 g/mol. The molecule has 0 aliphatic rings. The minimum absolute atomic E-state index is 0.173. The van der Waals surface area contributed by atoms with Crippen molar-refractivity contribution in [1.29, 1.82) is 0 Å². The number of halogens is 1. The zero-order valence-electron chi connectivity index (χ0n) is 10.2. The molecule has 18 heavy (non-hydrogen) atoms. The van der Waals surface area contributed by atoms with Crippen molar-refractivity contribution in [2.75, 3.05) is 0 Å². The van der Waals surface area contributed by atoms with E-state index in [0.717, 1.165) is 24.3 Å². The summed E-state index contributed by atoms with van der Waals surface area (Å²) in [5, 5.41) is 0.766. The third-order valence-corrected chi connectivity index (χ3v) is 3.19. The quantitative estimate of drug-likeness (QED) is 0.896. The predicted molar refractivity (Wildman–Crippen MR) is 75.7 cm³/mol. The lowest BCUT2D eigenvalue weighted by Gasteiger charge is -2.11. The summed E-state index contributed by atoms with van der Waals surface area (Å²) in [6.45, 7) is 0. The van der Waals surface area contributed by atoms with Crippen LogP contribution in [0.2, 0.25) is 5.02 Å². The highest BCUT2D eigenvalue weighted by molar-refractivity contribution is 6.30. The number of aryl methyl sites for hydroxylation is 1. The first-order valence-electron chi connectivity index (χ1n) is 6.13. The zero-order chi connectivity index (χ0) is 12.8. The maximum Gasteiger partial charge on any atom is 0.0406 e. The van der Waals surface area contributed by atoms with Crippen LogP contribution in [0.25, 0.3) is 0 Å². The summed E-state index contributed by atoms with van der Waals surface area (Å²) in [6.07, 6.45) is 6.51. The fourth-order valence-electron chi connectivity index (χ4n) is 1.92. The fraction of sp³-hybridized carbons (Fsp3) is 0.267. The standard InChI is InChI=1S/C15H17ClN2/c16-14-6-3-12(4-7-14)10-15(17)8-5-13-2-1-9-18-11-13/h1-4,6-7,9,11,15H,5,8,10,17H2. The van der Waals surface area contributed by atoms with Crippen LogP contribution in [0.15, 0.2) is 48.8 Å². The van der Waals surface area contributed by atoms with Crippen LogP contribution in [-0.4, -0.2) is 11.0 Å². The third-order valence-electron chi connectivity index (χ3n) is 2.94. The number of aromatic nitrogens is 1. The Morgan fingerprint density at radius 2 is 1.89 bits per heavy atom. The molecule has 0 fully saturated rings. The van der Waals surface area contributed by atoms with Crippen molar-refractivity contribution < 1.29 is 0 Å². The van der Waals surface area contributed by atoms with Crippen LogP contribution in [0.5, 0.6) is 0 Å². The van der Waals surface area contributed by atoms with Crippen LogP contribution in [0.3, 0.4) is 0 Å². The Hall–Kier alpha value is -1.38. The Kier molecular flexibility index (Phi) is 4.73. The largest absolute Gasteiger partial charge is 0.327 e. The molecule has 2 aromatic rings. The van der Waals surface area contributed by atoms with Crippen molar-refractivity contribution in [3.63, 3.8) is 0 Å². The van der Waals surface area contributed by atoms with Crippen molar-refractivity contribution in [2.45, 2.75) is 25.3 Å². The van der Waals surface area contributed by atoms with Crippen LogP contribution in [0.1, 0.15) is 17.5 Å². The summed E-state index contributed by atoms with van der Waals surface area (Å²) < 4.78 is 0. The molecule has 1 atom stereocenters. The molecule has 0 radical (unpaired) electrons. The van der Waals surface area contributed by atoms with Crippen LogP contribution in [0.4, 0.5) is 0 Å². The minimum Gasteiger partial charge on any atom is -0.327 e. The van der Waals surface area contributed by atoms with Gasteiger partial charge in [0, 0.05) is 23.5 Å². The van der Waals surface area contributed by atoms with Gasteiger partial charge in [-0.1, -0.05) is 29.8 Å². The van der Waals surface area contributed by atoms with Gasteiger partial charge in [0.25, 0.3) is 0 Å². The SMILES string of the molecule is NC(CCc1cccnc1)Cc1ccc(Cl)cc1. The van der Waals surface area contributed by atoms with E-state index >= 15 is 0 Å². The normalized spacial score (nSPS) is 12.3. The summed E-state index contributed by atoms with van der Waals surface area (Å²) in [5.41, 5.74) is 8.61. The lowest BCUT2D eigenvalue weighted by Crippen LogP contribution is -2.23. The summed E-state index contributed by atoms with van der Waals surface area (Å²) >= 11 is 5.85. The molecule has 0 saturated carbocycles. The van der Waals surface area contributed by atoms with Crippen molar-refractivity contribution in [2.24, 2.45) is 5.73 Å².